The molecule has 262 valence electrons. The van der Waals surface area contributed by atoms with Crippen LogP contribution < -0.4 is 33.7 Å². The fourth-order valence-corrected chi connectivity index (χ4v) is 7.23. The highest BCUT2D eigenvalue weighted by Crippen LogP contribution is 2.55. The Morgan fingerprint density at radius 1 is 0.843 bits per heavy atom. The molecule has 2 heterocycles. The van der Waals surface area contributed by atoms with E-state index < -0.39 is 40.6 Å². The molecule has 0 bridgehead atoms. The minimum absolute atomic E-state index is 0.0188. The van der Waals surface area contributed by atoms with Crippen LogP contribution in [0.4, 0.5) is 5.69 Å². The number of nitro groups is 1. The third kappa shape index (κ3) is 5.90. The first-order valence-electron chi connectivity index (χ1n) is 16.1. The number of methoxy groups -OCH3 is 4. The maximum Gasteiger partial charge on any atom is 0.310 e. The van der Waals surface area contributed by atoms with Crippen molar-refractivity contribution >= 4 is 29.2 Å². The number of hydrogen-bond donors (Lipinski definition) is 1. The van der Waals surface area contributed by atoms with Crippen molar-refractivity contribution in [1.29, 1.82) is 0 Å². The summed E-state index contributed by atoms with van der Waals surface area (Å²) in [5, 5.41) is 14.6. The molecule has 0 spiro atoms. The van der Waals surface area contributed by atoms with Gasteiger partial charge in [0, 0.05) is 35.1 Å². The van der Waals surface area contributed by atoms with Gasteiger partial charge in [-0.05, 0) is 70.8 Å². The number of ether oxygens (including phenoxy) is 7. The number of rotatable bonds is 10. The van der Waals surface area contributed by atoms with Crippen molar-refractivity contribution in [3.8, 4) is 34.5 Å². The molecule has 0 radical (unpaired) electrons. The Bertz CT molecular complexity index is 2030. The van der Waals surface area contributed by atoms with Crippen molar-refractivity contribution in [2.24, 2.45) is 11.8 Å². The second kappa shape index (κ2) is 13.6. The lowest BCUT2D eigenvalue weighted by Gasteiger charge is -2.39. The van der Waals surface area contributed by atoms with Gasteiger partial charge in [0.05, 0.1) is 51.9 Å². The zero-order chi connectivity index (χ0) is 35.8. The SMILES string of the molecule is COc1ccccc1/C=C(/C(=O)N[C@@H]1c2cc3c(cc2[C@@H](c2cc(OC)c(OC)c(OC)c2)[C@H]2C(=O)OC[C@@H]21)OCO3)c1ccc([N+](=O)[O-])cc1. The maximum absolute atomic E-state index is 14.6. The molecule has 1 amide bonds. The largest absolute Gasteiger partial charge is 0.496 e. The van der Waals surface area contributed by atoms with Gasteiger partial charge in [-0.3, -0.25) is 19.7 Å². The average molecular weight is 695 g/mol. The van der Waals surface area contributed by atoms with Gasteiger partial charge in [-0.2, -0.15) is 0 Å². The van der Waals surface area contributed by atoms with Crippen LogP contribution in [-0.4, -0.2) is 58.6 Å². The van der Waals surface area contributed by atoms with Gasteiger partial charge in [-0.25, -0.2) is 0 Å². The highest BCUT2D eigenvalue weighted by Gasteiger charge is 2.53. The Kier molecular flexibility index (Phi) is 8.86. The smallest absolute Gasteiger partial charge is 0.310 e. The van der Waals surface area contributed by atoms with Crippen LogP contribution in [-0.2, 0) is 14.3 Å². The van der Waals surface area contributed by atoms with Gasteiger partial charge >= 0.3 is 5.97 Å². The van der Waals surface area contributed by atoms with E-state index in [1.54, 1.807) is 18.2 Å². The highest BCUT2D eigenvalue weighted by molar-refractivity contribution is 6.24. The minimum atomic E-state index is -0.716. The Labute approximate surface area is 292 Å². The second-order valence-corrected chi connectivity index (χ2v) is 12.1. The normalized spacial score (nSPS) is 20.1. The fraction of sp³-hybridized carbons (Fsp3) is 0.263. The second-order valence-electron chi connectivity index (χ2n) is 12.1. The van der Waals surface area contributed by atoms with Gasteiger partial charge in [-0.15, -0.1) is 0 Å². The zero-order valence-electron chi connectivity index (χ0n) is 28.2. The maximum atomic E-state index is 14.6. The molecule has 0 aromatic heterocycles. The monoisotopic (exact) mass is 694 g/mol. The topological polar surface area (TPSA) is 154 Å². The molecule has 0 unspecified atom stereocenters. The summed E-state index contributed by atoms with van der Waals surface area (Å²) in [7, 11) is 6.09. The van der Waals surface area contributed by atoms with Crippen molar-refractivity contribution in [1.82, 2.24) is 5.32 Å². The van der Waals surface area contributed by atoms with Crippen molar-refractivity contribution in [3.63, 3.8) is 0 Å². The molecule has 51 heavy (non-hydrogen) atoms. The number of nitro benzene ring substituents is 1. The van der Waals surface area contributed by atoms with E-state index >= 15 is 0 Å². The predicted molar refractivity (Wildman–Crippen MR) is 183 cm³/mol. The van der Waals surface area contributed by atoms with Crippen LogP contribution in [0.5, 0.6) is 34.5 Å². The van der Waals surface area contributed by atoms with E-state index in [-0.39, 0.29) is 24.7 Å². The molecule has 0 saturated carbocycles. The number of fused-ring (bicyclic) bond motifs is 3. The third-order valence-corrected chi connectivity index (χ3v) is 9.59. The van der Waals surface area contributed by atoms with Crippen LogP contribution in [0.3, 0.4) is 0 Å². The molecule has 4 atom stereocenters. The van der Waals surface area contributed by atoms with Gasteiger partial charge in [0.25, 0.3) is 11.6 Å². The molecule has 2 aliphatic heterocycles. The predicted octanol–water partition coefficient (Wildman–Crippen LogP) is 5.69. The molecule has 4 aromatic rings. The molecular formula is C38H34N2O11. The number of amides is 1. The summed E-state index contributed by atoms with van der Waals surface area (Å²) in [6.07, 6.45) is 1.67. The summed E-state index contributed by atoms with van der Waals surface area (Å²) < 4.78 is 39.7. The van der Waals surface area contributed by atoms with Crippen LogP contribution in [0, 0.1) is 22.0 Å². The first-order chi connectivity index (χ1) is 24.8. The fourth-order valence-electron chi connectivity index (χ4n) is 7.23. The standard InChI is InChI=1S/C38H34N2O11/c1-45-28-8-6-5-7-21(28)13-24(20-9-11-23(12-10-20)40(43)44)37(41)39-35-26-17-30-29(50-19-51-30)16-25(26)33(34-27(35)18-49-38(34)42)22-14-31(46-2)36(48-4)32(15-22)47-3/h5-17,27,33-35H,18-19H2,1-4H3,(H,39,41)/b24-13+/t27-,33+,34-,35+/m0/s1. The van der Waals surface area contributed by atoms with E-state index in [0.717, 1.165) is 5.56 Å². The highest BCUT2D eigenvalue weighted by atomic mass is 16.7. The molecule has 7 rings (SSSR count). The number of cyclic esters (lactones) is 1. The number of non-ortho nitro benzene ring substituents is 1. The quantitative estimate of drug-likeness (QED) is 0.0716. The van der Waals surface area contributed by atoms with E-state index in [9.17, 15) is 19.7 Å². The summed E-state index contributed by atoms with van der Waals surface area (Å²) in [6, 6.07) is 19.5. The number of esters is 1. The number of nitrogens with zero attached hydrogens (tertiary/aromatic N) is 1. The van der Waals surface area contributed by atoms with E-state index in [1.165, 1.54) is 52.7 Å². The Morgan fingerprint density at radius 2 is 1.49 bits per heavy atom. The minimum Gasteiger partial charge on any atom is -0.496 e. The number of benzene rings is 4. The summed E-state index contributed by atoms with van der Waals surface area (Å²) >= 11 is 0. The molecule has 13 nitrogen and oxygen atoms in total. The van der Waals surface area contributed by atoms with E-state index in [1.807, 2.05) is 36.4 Å². The van der Waals surface area contributed by atoms with Gasteiger partial charge < -0.3 is 38.5 Å². The molecule has 1 N–H and O–H groups in total. The number of para-hydroxylation sites is 1. The number of nitrogens with one attached hydrogen (secondary N) is 1. The summed E-state index contributed by atoms with van der Waals surface area (Å²) in [5.41, 5.74) is 3.33. The van der Waals surface area contributed by atoms with E-state index in [4.69, 9.17) is 33.2 Å². The van der Waals surface area contributed by atoms with Crippen molar-refractivity contribution < 1.29 is 47.7 Å². The molecule has 4 aromatic carbocycles. The zero-order valence-corrected chi connectivity index (χ0v) is 28.2. The van der Waals surface area contributed by atoms with Crippen LogP contribution in [0.2, 0.25) is 0 Å². The van der Waals surface area contributed by atoms with E-state index in [0.29, 0.717) is 56.8 Å². The lowest BCUT2D eigenvalue weighted by molar-refractivity contribution is -0.384. The van der Waals surface area contributed by atoms with E-state index in [2.05, 4.69) is 5.32 Å². The van der Waals surface area contributed by atoms with Gasteiger partial charge in [0.1, 0.15) is 5.75 Å². The molecule has 13 heteroatoms. The molecule has 1 saturated heterocycles. The Balaban J connectivity index is 1.37. The van der Waals surface area contributed by atoms with Crippen LogP contribution in [0.1, 0.15) is 39.8 Å². The van der Waals surface area contributed by atoms with Crippen molar-refractivity contribution in [2.45, 2.75) is 12.0 Å². The lowest BCUT2D eigenvalue weighted by atomic mass is 9.65. The van der Waals surface area contributed by atoms with Crippen LogP contribution >= 0.6 is 0 Å². The summed E-state index contributed by atoms with van der Waals surface area (Å²) in [6.45, 7) is 0.0667. The van der Waals surface area contributed by atoms with Gasteiger partial charge in [0.15, 0.2) is 23.0 Å². The first kappa shape index (κ1) is 33.3. The third-order valence-electron chi connectivity index (χ3n) is 9.59. The van der Waals surface area contributed by atoms with Crippen LogP contribution in [0.15, 0.2) is 72.8 Å². The molecule has 3 aliphatic rings. The van der Waals surface area contributed by atoms with Crippen LogP contribution in [0.25, 0.3) is 11.6 Å². The first-order valence-corrected chi connectivity index (χ1v) is 16.1. The molecule has 1 aliphatic carbocycles. The average Bonchev–Trinajstić information content (AvgIpc) is 3.78. The lowest BCUT2D eigenvalue weighted by Crippen LogP contribution is -2.43. The molecule has 1 fully saturated rings. The van der Waals surface area contributed by atoms with Crippen molar-refractivity contribution in [2.75, 3.05) is 41.8 Å². The Hall–Kier alpha value is -6.24. The number of carbonyl (C=O) groups excluding carboxylic acids is 2. The molecular weight excluding hydrogens is 660 g/mol. The Morgan fingerprint density at radius 3 is 2.12 bits per heavy atom. The van der Waals surface area contributed by atoms with Gasteiger partial charge in [-0.1, -0.05) is 18.2 Å². The summed E-state index contributed by atoms with van der Waals surface area (Å²) in [5.74, 6) is 0.122. The van der Waals surface area contributed by atoms with Gasteiger partial charge in [0.2, 0.25) is 12.5 Å². The summed E-state index contributed by atoms with van der Waals surface area (Å²) in [4.78, 5) is 39.2. The number of carbonyl (C=O) groups is 2. The number of hydrogen-bond acceptors (Lipinski definition) is 11. The van der Waals surface area contributed by atoms with Crippen molar-refractivity contribution in [3.05, 3.63) is 111 Å².